The summed E-state index contributed by atoms with van der Waals surface area (Å²) in [6, 6.07) is 16.4. The van der Waals surface area contributed by atoms with Crippen LogP contribution in [0, 0.1) is 0 Å². The first kappa shape index (κ1) is 17.5. The van der Waals surface area contributed by atoms with Crippen molar-refractivity contribution in [1.29, 1.82) is 0 Å². The molecule has 0 aromatic heterocycles. The van der Waals surface area contributed by atoms with Crippen LogP contribution in [0.1, 0.15) is 18.1 Å². The van der Waals surface area contributed by atoms with Gasteiger partial charge in [0.25, 0.3) is 5.91 Å². The monoisotopic (exact) mass is 367 g/mol. The van der Waals surface area contributed by atoms with Gasteiger partial charge in [0.05, 0.1) is 6.10 Å². The maximum absolute atomic E-state index is 13.1. The number of cyclic esters (lactones) is 1. The molecule has 0 bridgehead atoms. The average Bonchev–Trinajstić information content (AvgIpc) is 2.98. The van der Waals surface area contributed by atoms with Crippen molar-refractivity contribution in [2.45, 2.75) is 37.5 Å². The van der Waals surface area contributed by atoms with E-state index in [1.54, 1.807) is 18.2 Å². The Kier molecular flexibility index (Phi) is 4.36. The number of phenolic OH excluding ortho intramolecular Hbond substituents is 1. The second-order valence-electron chi connectivity index (χ2n) is 7.14. The predicted octanol–water partition coefficient (Wildman–Crippen LogP) is 2.68. The van der Waals surface area contributed by atoms with Crippen molar-refractivity contribution in [3.8, 4) is 5.75 Å². The summed E-state index contributed by atoms with van der Waals surface area (Å²) < 4.78 is 11.4. The van der Waals surface area contributed by atoms with Crippen molar-refractivity contribution in [2.24, 2.45) is 0 Å². The van der Waals surface area contributed by atoms with E-state index in [4.69, 9.17) is 9.47 Å². The number of benzene rings is 2. The standard InChI is InChI=1S/C21H21NO5/c1-14-21(12-15-6-3-2-4-7-15)13-26-20(25)22(21)19(24)18(27-14)11-16-8-5-9-17(23)10-16/h2-10,14,18,23H,11-13H2,1H3/t14?,18-,21-/m0/s1. The quantitative estimate of drug-likeness (QED) is 0.899. The van der Waals surface area contributed by atoms with Crippen LogP contribution >= 0.6 is 0 Å². The zero-order valence-electron chi connectivity index (χ0n) is 15.0. The number of morpholine rings is 1. The largest absolute Gasteiger partial charge is 0.508 e. The van der Waals surface area contributed by atoms with Crippen molar-refractivity contribution in [2.75, 3.05) is 6.61 Å². The molecule has 2 aliphatic rings. The summed E-state index contributed by atoms with van der Waals surface area (Å²) in [7, 11) is 0. The topological polar surface area (TPSA) is 76.1 Å². The second kappa shape index (κ2) is 6.70. The third-order valence-electron chi connectivity index (χ3n) is 5.38. The lowest BCUT2D eigenvalue weighted by molar-refractivity contribution is -0.173. The van der Waals surface area contributed by atoms with Gasteiger partial charge in [0.15, 0.2) is 0 Å². The molecule has 2 heterocycles. The summed E-state index contributed by atoms with van der Waals surface area (Å²) in [4.78, 5) is 26.7. The molecule has 1 N–H and O–H groups in total. The molecule has 6 nitrogen and oxygen atoms in total. The lowest BCUT2D eigenvalue weighted by Crippen LogP contribution is -2.66. The Labute approximate surface area is 157 Å². The van der Waals surface area contributed by atoms with Gasteiger partial charge in [0.1, 0.15) is 24.0 Å². The Hall–Kier alpha value is -2.86. The van der Waals surface area contributed by atoms with Crippen LogP contribution in [0.25, 0.3) is 0 Å². The third kappa shape index (κ3) is 3.06. The summed E-state index contributed by atoms with van der Waals surface area (Å²) in [6.07, 6.45) is -1.04. The molecule has 2 aromatic rings. The second-order valence-corrected chi connectivity index (χ2v) is 7.14. The van der Waals surface area contributed by atoms with E-state index >= 15 is 0 Å². The number of carbonyl (C=O) groups excluding carboxylic acids is 2. The van der Waals surface area contributed by atoms with Gasteiger partial charge in [-0.15, -0.1) is 0 Å². The number of hydrogen-bond acceptors (Lipinski definition) is 5. The zero-order valence-corrected chi connectivity index (χ0v) is 15.0. The molecule has 2 saturated heterocycles. The predicted molar refractivity (Wildman–Crippen MR) is 97.2 cm³/mol. The molecule has 27 heavy (non-hydrogen) atoms. The van der Waals surface area contributed by atoms with Gasteiger partial charge in [-0.25, -0.2) is 9.69 Å². The molecular weight excluding hydrogens is 346 g/mol. The fraction of sp³-hybridized carbons (Fsp3) is 0.333. The highest BCUT2D eigenvalue weighted by atomic mass is 16.6. The van der Waals surface area contributed by atoms with Crippen LogP contribution in [-0.4, -0.2) is 46.4 Å². The summed E-state index contributed by atoms with van der Waals surface area (Å²) in [5, 5.41) is 9.65. The van der Waals surface area contributed by atoms with E-state index in [9.17, 15) is 14.7 Å². The number of fused-ring (bicyclic) bond motifs is 1. The molecule has 1 unspecified atom stereocenters. The van der Waals surface area contributed by atoms with E-state index in [0.717, 1.165) is 11.1 Å². The Morgan fingerprint density at radius 3 is 2.59 bits per heavy atom. The fourth-order valence-electron chi connectivity index (χ4n) is 3.94. The Morgan fingerprint density at radius 1 is 1.11 bits per heavy atom. The van der Waals surface area contributed by atoms with Gasteiger partial charge in [0, 0.05) is 12.8 Å². The number of nitrogens with zero attached hydrogens (tertiary/aromatic N) is 1. The maximum atomic E-state index is 13.1. The fourth-order valence-corrected chi connectivity index (χ4v) is 3.94. The number of ether oxygens (including phenoxy) is 2. The van der Waals surface area contributed by atoms with Crippen LogP contribution in [0.5, 0.6) is 5.75 Å². The van der Waals surface area contributed by atoms with Gasteiger partial charge in [0.2, 0.25) is 0 Å². The summed E-state index contributed by atoms with van der Waals surface area (Å²) in [5.41, 5.74) is 0.935. The molecule has 2 aromatic carbocycles. The highest BCUT2D eigenvalue weighted by Crippen LogP contribution is 2.38. The van der Waals surface area contributed by atoms with Crippen molar-refractivity contribution < 1.29 is 24.2 Å². The minimum atomic E-state index is -0.842. The zero-order chi connectivity index (χ0) is 19.0. The molecule has 0 saturated carbocycles. The number of phenols is 1. The van der Waals surface area contributed by atoms with Crippen LogP contribution in [0.4, 0.5) is 4.79 Å². The molecule has 0 aliphatic carbocycles. The van der Waals surface area contributed by atoms with E-state index in [2.05, 4.69) is 0 Å². The van der Waals surface area contributed by atoms with Gasteiger partial charge in [-0.3, -0.25) is 4.79 Å². The number of aromatic hydroxyl groups is 1. The average molecular weight is 367 g/mol. The molecule has 4 rings (SSSR count). The molecule has 0 spiro atoms. The molecule has 2 fully saturated rings. The Bertz CT molecular complexity index is 868. The van der Waals surface area contributed by atoms with Crippen molar-refractivity contribution in [3.05, 3.63) is 65.7 Å². The first-order valence-electron chi connectivity index (χ1n) is 8.98. The van der Waals surface area contributed by atoms with Crippen LogP contribution in [0.2, 0.25) is 0 Å². The van der Waals surface area contributed by atoms with E-state index in [0.29, 0.717) is 6.42 Å². The Morgan fingerprint density at radius 2 is 1.85 bits per heavy atom. The van der Waals surface area contributed by atoms with Gasteiger partial charge in [-0.05, 0) is 30.2 Å². The van der Waals surface area contributed by atoms with Gasteiger partial charge >= 0.3 is 6.09 Å². The molecule has 140 valence electrons. The van der Waals surface area contributed by atoms with Crippen LogP contribution in [0.15, 0.2) is 54.6 Å². The van der Waals surface area contributed by atoms with Crippen molar-refractivity contribution in [1.82, 2.24) is 4.90 Å². The number of carbonyl (C=O) groups is 2. The molecular formula is C21H21NO5. The van der Waals surface area contributed by atoms with Crippen LogP contribution in [-0.2, 0) is 27.1 Å². The highest BCUT2D eigenvalue weighted by molar-refractivity contribution is 5.97. The lowest BCUT2D eigenvalue weighted by atomic mass is 9.83. The number of imide groups is 1. The van der Waals surface area contributed by atoms with Crippen molar-refractivity contribution in [3.63, 3.8) is 0 Å². The summed E-state index contributed by atoms with van der Waals surface area (Å²) in [5.74, 6) is -0.266. The lowest BCUT2D eigenvalue weighted by Gasteiger charge is -2.45. The number of amides is 2. The van der Waals surface area contributed by atoms with Crippen LogP contribution in [0.3, 0.4) is 0 Å². The van der Waals surface area contributed by atoms with E-state index in [1.807, 2.05) is 43.3 Å². The molecule has 2 aliphatic heterocycles. The van der Waals surface area contributed by atoms with E-state index < -0.39 is 23.6 Å². The first-order valence-corrected chi connectivity index (χ1v) is 8.98. The molecule has 0 radical (unpaired) electrons. The summed E-state index contributed by atoms with van der Waals surface area (Å²) in [6.45, 7) is 1.99. The first-order chi connectivity index (χ1) is 13.0. The summed E-state index contributed by atoms with van der Waals surface area (Å²) >= 11 is 0. The molecule has 6 heteroatoms. The SMILES string of the molecule is CC1O[C@@H](Cc2cccc(O)c2)C(=O)N2C(=O)OC[C@@]12Cc1ccccc1. The maximum Gasteiger partial charge on any atom is 0.417 e. The van der Waals surface area contributed by atoms with Crippen LogP contribution < -0.4 is 0 Å². The van der Waals surface area contributed by atoms with E-state index in [1.165, 1.54) is 4.90 Å². The van der Waals surface area contributed by atoms with E-state index in [-0.39, 0.29) is 24.9 Å². The van der Waals surface area contributed by atoms with Gasteiger partial charge < -0.3 is 14.6 Å². The van der Waals surface area contributed by atoms with Gasteiger partial charge in [-0.1, -0.05) is 42.5 Å². The normalized spacial score (nSPS) is 27.4. The van der Waals surface area contributed by atoms with Crippen molar-refractivity contribution >= 4 is 12.0 Å². The minimum absolute atomic E-state index is 0.118. The van der Waals surface area contributed by atoms with Gasteiger partial charge in [-0.2, -0.15) is 0 Å². The molecule has 2 amide bonds. The smallest absolute Gasteiger partial charge is 0.417 e. The minimum Gasteiger partial charge on any atom is -0.508 e. The number of hydrogen-bond donors (Lipinski definition) is 1. The highest BCUT2D eigenvalue weighted by Gasteiger charge is 2.59. The third-order valence-corrected chi connectivity index (χ3v) is 5.38. The number of rotatable bonds is 4. The molecule has 3 atom stereocenters. The Balaban J connectivity index is 1.62.